The number of carbonyl (C=O) groups is 1. The molecule has 0 aliphatic carbocycles. The van der Waals surface area contributed by atoms with Gasteiger partial charge in [-0.3, -0.25) is 4.79 Å². The van der Waals surface area contributed by atoms with Crippen LogP contribution in [0.1, 0.15) is 99.9 Å². The lowest BCUT2D eigenvalue weighted by Crippen LogP contribution is -2.27. The highest BCUT2D eigenvalue weighted by molar-refractivity contribution is 5.95. The molecule has 1 amide bonds. The Morgan fingerprint density at radius 1 is 0.857 bits per heavy atom. The Kier molecular flexibility index (Phi) is 11.8. The van der Waals surface area contributed by atoms with E-state index >= 15 is 0 Å². The molecule has 0 fully saturated rings. The summed E-state index contributed by atoms with van der Waals surface area (Å²) in [5.74, 6) is -1.74. The number of carbonyl (C=O) groups excluding carboxylic acids is 1. The fraction of sp³-hybridized carbons (Fsp3) is 0.682. The molecule has 0 radical (unpaired) electrons. The Morgan fingerprint density at radius 2 is 1.36 bits per heavy atom. The van der Waals surface area contributed by atoms with Gasteiger partial charge < -0.3 is 5.32 Å². The molecule has 0 spiro atoms. The molecule has 1 N–H and O–H groups in total. The average Bonchev–Trinajstić information content (AvgIpc) is 2.64. The van der Waals surface area contributed by atoms with Crippen LogP contribution in [0.5, 0.6) is 0 Å². The zero-order chi connectivity index (χ0) is 20.8. The van der Waals surface area contributed by atoms with E-state index < -0.39 is 29.0 Å². The van der Waals surface area contributed by atoms with E-state index in [-0.39, 0.29) is 0 Å². The van der Waals surface area contributed by atoms with Crippen LogP contribution < -0.4 is 5.32 Å². The second kappa shape index (κ2) is 13.6. The zero-order valence-electron chi connectivity index (χ0n) is 16.8. The van der Waals surface area contributed by atoms with Crippen molar-refractivity contribution in [3.8, 4) is 0 Å². The highest BCUT2D eigenvalue weighted by Gasteiger charge is 2.35. The summed E-state index contributed by atoms with van der Waals surface area (Å²) in [6.07, 6.45) is 9.46. The predicted octanol–water partition coefficient (Wildman–Crippen LogP) is 7.28. The normalized spacial score (nSPS) is 11.6. The topological polar surface area (TPSA) is 29.1 Å². The van der Waals surface area contributed by atoms with Crippen LogP contribution >= 0.6 is 0 Å². The molecule has 1 rings (SSSR count). The van der Waals surface area contributed by atoms with Gasteiger partial charge in [0.25, 0.3) is 5.91 Å². The number of alkyl halides is 3. The lowest BCUT2D eigenvalue weighted by atomic mass is 10.0. The minimum atomic E-state index is -4.68. The van der Waals surface area contributed by atoms with Crippen molar-refractivity contribution in [1.82, 2.24) is 5.32 Å². The first-order valence-electron chi connectivity index (χ1n) is 10.5. The van der Waals surface area contributed by atoms with Crippen molar-refractivity contribution in [2.45, 2.75) is 90.1 Å². The van der Waals surface area contributed by atoms with Crippen LogP contribution in [-0.2, 0) is 6.18 Å². The van der Waals surface area contributed by atoms with Crippen LogP contribution in [0.4, 0.5) is 17.6 Å². The van der Waals surface area contributed by atoms with Crippen LogP contribution in [0.15, 0.2) is 18.2 Å². The zero-order valence-corrected chi connectivity index (χ0v) is 16.8. The fourth-order valence-electron chi connectivity index (χ4n) is 3.21. The van der Waals surface area contributed by atoms with Crippen LogP contribution in [0.2, 0.25) is 0 Å². The standard InChI is InChI=1S/C22H33F4NO/c1-2-3-4-5-6-7-8-9-10-11-12-13-16-27-21(28)19-17-18(23)14-15-20(19)22(24,25)26/h14-15,17H,2-13,16H2,1H3,(H,27,28). The van der Waals surface area contributed by atoms with Crippen molar-refractivity contribution >= 4 is 5.91 Å². The van der Waals surface area contributed by atoms with Gasteiger partial charge in [-0.25, -0.2) is 4.39 Å². The summed E-state index contributed by atoms with van der Waals surface area (Å²) in [7, 11) is 0. The SMILES string of the molecule is CCCCCCCCCCCCCCNC(=O)c1cc(F)ccc1C(F)(F)F. The van der Waals surface area contributed by atoms with Crippen molar-refractivity contribution in [2.75, 3.05) is 6.54 Å². The van der Waals surface area contributed by atoms with Gasteiger partial charge in [-0.05, 0) is 24.6 Å². The van der Waals surface area contributed by atoms with E-state index in [1.165, 1.54) is 51.4 Å². The summed E-state index contributed by atoms with van der Waals surface area (Å²) in [5.41, 5.74) is -1.77. The van der Waals surface area contributed by atoms with Gasteiger partial charge in [-0.15, -0.1) is 0 Å². The smallest absolute Gasteiger partial charge is 0.352 e. The summed E-state index contributed by atoms with van der Waals surface area (Å²) in [5, 5.41) is 2.47. The molecule has 0 heterocycles. The van der Waals surface area contributed by atoms with Crippen molar-refractivity contribution in [3.05, 3.63) is 35.1 Å². The van der Waals surface area contributed by atoms with E-state index in [0.29, 0.717) is 31.2 Å². The molecular formula is C22H33F4NO. The molecule has 1 aromatic rings. The number of hydrogen-bond acceptors (Lipinski definition) is 1. The van der Waals surface area contributed by atoms with Crippen molar-refractivity contribution in [1.29, 1.82) is 0 Å². The molecule has 1 aromatic carbocycles. The number of unbranched alkanes of at least 4 members (excludes halogenated alkanes) is 11. The third-order valence-corrected chi connectivity index (χ3v) is 4.85. The molecule has 160 valence electrons. The molecule has 2 nitrogen and oxygen atoms in total. The van der Waals surface area contributed by atoms with Crippen LogP contribution in [0.25, 0.3) is 0 Å². The van der Waals surface area contributed by atoms with E-state index in [0.717, 1.165) is 19.3 Å². The van der Waals surface area contributed by atoms with Crippen molar-refractivity contribution < 1.29 is 22.4 Å². The Labute approximate surface area is 166 Å². The maximum Gasteiger partial charge on any atom is 0.417 e. The molecule has 0 atom stereocenters. The number of benzene rings is 1. The summed E-state index contributed by atoms with van der Waals surface area (Å²) in [6, 6.07) is 1.96. The molecule has 0 saturated heterocycles. The Balaban J connectivity index is 2.14. The van der Waals surface area contributed by atoms with E-state index in [2.05, 4.69) is 12.2 Å². The van der Waals surface area contributed by atoms with Crippen LogP contribution in [-0.4, -0.2) is 12.5 Å². The van der Waals surface area contributed by atoms with Crippen LogP contribution in [0, 0.1) is 5.82 Å². The van der Waals surface area contributed by atoms with Crippen molar-refractivity contribution in [2.24, 2.45) is 0 Å². The van der Waals surface area contributed by atoms with E-state index in [9.17, 15) is 22.4 Å². The largest absolute Gasteiger partial charge is 0.417 e. The first-order chi connectivity index (χ1) is 13.4. The van der Waals surface area contributed by atoms with Gasteiger partial charge in [0, 0.05) is 6.54 Å². The van der Waals surface area contributed by atoms with Gasteiger partial charge in [0.1, 0.15) is 5.82 Å². The molecule has 0 saturated carbocycles. The summed E-state index contributed by atoms with van der Waals surface area (Å²) >= 11 is 0. The van der Waals surface area contributed by atoms with E-state index in [4.69, 9.17) is 0 Å². The summed E-state index contributed by atoms with van der Waals surface area (Å²) in [4.78, 5) is 12.0. The number of amides is 1. The van der Waals surface area contributed by atoms with Gasteiger partial charge in [0.15, 0.2) is 0 Å². The Morgan fingerprint density at radius 3 is 1.86 bits per heavy atom. The maximum absolute atomic E-state index is 13.2. The molecule has 0 unspecified atom stereocenters. The minimum Gasteiger partial charge on any atom is -0.352 e. The molecule has 0 aliphatic heterocycles. The summed E-state index contributed by atoms with van der Waals surface area (Å²) < 4.78 is 52.0. The lowest BCUT2D eigenvalue weighted by molar-refractivity contribution is -0.138. The number of hydrogen-bond donors (Lipinski definition) is 1. The minimum absolute atomic E-state index is 0.296. The van der Waals surface area contributed by atoms with Gasteiger partial charge in [-0.2, -0.15) is 13.2 Å². The second-order valence-corrected chi connectivity index (χ2v) is 7.33. The maximum atomic E-state index is 13.2. The second-order valence-electron chi connectivity index (χ2n) is 7.33. The fourth-order valence-corrected chi connectivity index (χ4v) is 3.21. The quantitative estimate of drug-likeness (QED) is 0.257. The van der Waals surface area contributed by atoms with E-state index in [1.807, 2.05) is 0 Å². The number of nitrogens with one attached hydrogen (secondary N) is 1. The Bertz CT molecular complexity index is 572. The molecular weight excluding hydrogens is 370 g/mol. The lowest BCUT2D eigenvalue weighted by Gasteiger charge is -2.13. The Hall–Kier alpha value is -1.59. The molecule has 0 bridgehead atoms. The van der Waals surface area contributed by atoms with Gasteiger partial charge in [-0.1, -0.05) is 77.6 Å². The molecule has 0 aromatic heterocycles. The predicted molar refractivity (Wildman–Crippen MR) is 105 cm³/mol. The highest BCUT2D eigenvalue weighted by atomic mass is 19.4. The third-order valence-electron chi connectivity index (χ3n) is 4.85. The molecule has 0 aliphatic rings. The molecule has 28 heavy (non-hydrogen) atoms. The third kappa shape index (κ3) is 10.1. The molecule has 6 heteroatoms. The van der Waals surface area contributed by atoms with Crippen LogP contribution in [0.3, 0.4) is 0 Å². The number of halogens is 4. The highest BCUT2D eigenvalue weighted by Crippen LogP contribution is 2.32. The first-order valence-corrected chi connectivity index (χ1v) is 10.5. The monoisotopic (exact) mass is 403 g/mol. The first kappa shape index (κ1) is 24.4. The van der Waals surface area contributed by atoms with Gasteiger partial charge in [0.05, 0.1) is 11.1 Å². The van der Waals surface area contributed by atoms with Gasteiger partial charge in [0.2, 0.25) is 0 Å². The van der Waals surface area contributed by atoms with Crippen molar-refractivity contribution in [3.63, 3.8) is 0 Å². The summed E-state index contributed by atoms with van der Waals surface area (Å²) in [6.45, 7) is 2.51. The average molecular weight is 404 g/mol. The van der Waals surface area contributed by atoms with Gasteiger partial charge >= 0.3 is 6.18 Å². The number of rotatable bonds is 14. The van der Waals surface area contributed by atoms with E-state index in [1.54, 1.807) is 0 Å².